The van der Waals surface area contributed by atoms with Gasteiger partial charge in [0.15, 0.2) is 5.78 Å². The van der Waals surface area contributed by atoms with E-state index in [9.17, 15) is 9.90 Å². The third-order valence-corrected chi connectivity index (χ3v) is 4.71. The monoisotopic (exact) mass is 282 g/mol. The predicted molar refractivity (Wildman–Crippen MR) is 84.9 cm³/mol. The van der Waals surface area contributed by atoms with Crippen LogP contribution in [0.3, 0.4) is 0 Å². The SMILES string of the molecule is CCCCCCC1(O)CCCCCCCCCCC1=O. The minimum atomic E-state index is -1.01. The zero-order valence-corrected chi connectivity index (χ0v) is 13.5. The van der Waals surface area contributed by atoms with E-state index >= 15 is 0 Å². The molecule has 20 heavy (non-hydrogen) atoms. The lowest BCUT2D eigenvalue weighted by atomic mass is 9.83. The molecule has 0 heterocycles. The normalized spacial score (nSPS) is 26.8. The van der Waals surface area contributed by atoms with Gasteiger partial charge in [-0.25, -0.2) is 0 Å². The van der Waals surface area contributed by atoms with Crippen LogP contribution in [0.15, 0.2) is 0 Å². The molecule has 1 aliphatic rings. The lowest BCUT2D eigenvalue weighted by Gasteiger charge is -2.27. The average Bonchev–Trinajstić information content (AvgIpc) is 2.44. The summed E-state index contributed by atoms with van der Waals surface area (Å²) in [6, 6.07) is 0. The fraction of sp³-hybridized carbons (Fsp3) is 0.944. The summed E-state index contributed by atoms with van der Waals surface area (Å²) in [6.07, 6.45) is 16.0. The van der Waals surface area contributed by atoms with Crippen LogP contribution in [0.5, 0.6) is 0 Å². The van der Waals surface area contributed by atoms with Crippen molar-refractivity contribution >= 4 is 5.78 Å². The van der Waals surface area contributed by atoms with Crippen molar-refractivity contribution in [3.63, 3.8) is 0 Å². The Labute approximate surface area is 125 Å². The second-order valence-corrected chi connectivity index (χ2v) is 6.59. The molecule has 0 spiro atoms. The molecule has 0 radical (unpaired) electrons. The highest BCUT2D eigenvalue weighted by Crippen LogP contribution is 2.27. The number of unbranched alkanes of at least 4 members (excludes halogenated alkanes) is 3. The number of carbonyl (C=O) groups excluding carboxylic acids is 1. The van der Waals surface area contributed by atoms with E-state index in [0.29, 0.717) is 19.3 Å². The lowest BCUT2D eigenvalue weighted by molar-refractivity contribution is -0.139. The molecule has 1 atom stereocenters. The molecule has 118 valence electrons. The number of hydrogen-bond donors (Lipinski definition) is 1. The summed E-state index contributed by atoms with van der Waals surface area (Å²) in [5.74, 6) is 0.120. The molecule has 1 unspecified atom stereocenters. The molecule has 2 heteroatoms. The largest absolute Gasteiger partial charge is 0.382 e. The van der Waals surface area contributed by atoms with E-state index in [0.717, 1.165) is 32.1 Å². The van der Waals surface area contributed by atoms with Crippen molar-refractivity contribution in [1.82, 2.24) is 0 Å². The molecule has 0 aromatic heterocycles. The van der Waals surface area contributed by atoms with Gasteiger partial charge in [-0.05, 0) is 19.3 Å². The average molecular weight is 282 g/mol. The van der Waals surface area contributed by atoms with E-state index in [1.165, 1.54) is 44.9 Å². The van der Waals surface area contributed by atoms with Crippen LogP contribution in [-0.2, 0) is 4.79 Å². The Morgan fingerprint density at radius 2 is 1.50 bits per heavy atom. The highest BCUT2D eigenvalue weighted by molar-refractivity contribution is 5.86. The van der Waals surface area contributed by atoms with Crippen LogP contribution < -0.4 is 0 Å². The smallest absolute Gasteiger partial charge is 0.164 e. The van der Waals surface area contributed by atoms with Crippen LogP contribution in [0.25, 0.3) is 0 Å². The van der Waals surface area contributed by atoms with Crippen molar-refractivity contribution in [2.75, 3.05) is 0 Å². The summed E-state index contributed by atoms with van der Waals surface area (Å²) in [5, 5.41) is 10.8. The van der Waals surface area contributed by atoms with Crippen LogP contribution in [0.1, 0.15) is 103 Å². The lowest BCUT2D eigenvalue weighted by Crippen LogP contribution is -2.38. The van der Waals surface area contributed by atoms with Crippen LogP contribution in [0, 0.1) is 0 Å². The molecule has 0 amide bonds. The van der Waals surface area contributed by atoms with Gasteiger partial charge in [-0.3, -0.25) is 4.79 Å². The van der Waals surface area contributed by atoms with Gasteiger partial charge in [0.1, 0.15) is 5.60 Å². The summed E-state index contributed by atoms with van der Waals surface area (Å²) in [4.78, 5) is 12.4. The Morgan fingerprint density at radius 3 is 2.15 bits per heavy atom. The van der Waals surface area contributed by atoms with Gasteiger partial charge in [0, 0.05) is 6.42 Å². The van der Waals surface area contributed by atoms with Gasteiger partial charge < -0.3 is 5.11 Å². The molecule has 0 aromatic carbocycles. The van der Waals surface area contributed by atoms with Crippen molar-refractivity contribution in [3.8, 4) is 0 Å². The van der Waals surface area contributed by atoms with Gasteiger partial charge in [-0.2, -0.15) is 0 Å². The molecule has 2 nitrogen and oxygen atoms in total. The third-order valence-electron chi connectivity index (χ3n) is 4.71. The molecule has 0 aliphatic heterocycles. The maximum atomic E-state index is 12.4. The minimum absolute atomic E-state index is 0.120. The van der Waals surface area contributed by atoms with Crippen LogP contribution >= 0.6 is 0 Å². The molecular weight excluding hydrogens is 248 g/mol. The molecule has 0 saturated heterocycles. The number of aliphatic hydroxyl groups is 1. The second-order valence-electron chi connectivity index (χ2n) is 6.59. The fourth-order valence-electron chi connectivity index (χ4n) is 3.24. The number of Topliss-reactive ketones (excluding diaryl/α,β-unsaturated/α-hetero) is 1. The van der Waals surface area contributed by atoms with Crippen molar-refractivity contribution in [2.24, 2.45) is 0 Å². The fourth-order valence-corrected chi connectivity index (χ4v) is 3.24. The Hall–Kier alpha value is -0.370. The molecule has 1 rings (SSSR count). The van der Waals surface area contributed by atoms with Crippen molar-refractivity contribution in [3.05, 3.63) is 0 Å². The van der Waals surface area contributed by atoms with E-state index < -0.39 is 5.60 Å². The van der Waals surface area contributed by atoms with Gasteiger partial charge in [-0.15, -0.1) is 0 Å². The van der Waals surface area contributed by atoms with Gasteiger partial charge in [0.2, 0.25) is 0 Å². The summed E-state index contributed by atoms with van der Waals surface area (Å²) >= 11 is 0. The first-order valence-corrected chi connectivity index (χ1v) is 8.95. The Balaban J connectivity index is 2.48. The molecular formula is C18H34O2. The maximum Gasteiger partial charge on any atom is 0.164 e. The zero-order valence-electron chi connectivity index (χ0n) is 13.5. The van der Waals surface area contributed by atoms with E-state index in [-0.39, 0.29) is 5.78 Å². The van der Waals surface area contributed by atoms with Crippen LogP contribution in [0.4, 0.5) is 0 Å². The van der Waals surface area contributed by atoms with Crippen LogP contribution in [-0.4, -0.2) is 16.5 Å². The quantitative estimate of drug-likeness (QED) is 0.706. The predicted octanol–water partition coefficient (Wildman–Crippen LogP) is 5.17. The number of rotatable bonds is 5. The Morgan fingerprint density at radius 1 is 0.900 bits per heavy atom. The maximum absolute atomic E-state index is 12.4. The topological polar surface area (TPSA) is 37.3 Å². The molecule has 1 saturated carbocycles. The molecule has 1 aliphatic carbocycles. The highest BCUT2D eigenvalue weighted by Gasteiger charge is 2.33. The first kappa shape index (κ1) is 17.7. The molecule has 1 fully saturated rings. The summed E-state index contributed by atoms with van der Waals surface area (Å²) in [6.45, 7) is 2.19. The van der Waals surface area contributed by atoms with E-state index in [2.05, 4.69) is 6.92 Å². The first-order chi connectivity index (χ1) is 9.69. The van der Waals surface area contributed by atoms with Crippen molar-refractivity contribution < 1.29 is 9.90 Å². The third kappa shape index (κ3) is 6.88. The van der Waals surface area contributed by atoms with E-state index in [1.807, 2.05) is 0 Å². The zero-order chi connectivity index (χ0) is 14.7. The van der Waals surface area contributed by atoms with Crippen LogP contribution in [0.2, 0.25) is 0 Å². The number of hydrogen-bond acceptors (Lipinski definition) is 2. The second kappa shape index (κ2) is 10.4. The van der Waals surface area contributed by atoms with Gasteiger partial charge in [0.25, 0.3) is 0 Å². The van der Waals surface area contributed by atoms with Gasteiger partial charge in [0.05, 0.1) is 0 Å². The van der Waals surface area contributed by atoms with E-state index in [4.69, 9.17) is 0 Å². The summed E-state index contributed by atoms with van der Waals surface area (Å²) < 4.78 is 0. The minimum Gasteiger partial charge on any atom is -0.382 e. The molecule has 1 N–H and O–H groups in total. The van der Waals surface area contributed by atoms with E-state index in [1.54, 1.807) is 0 Å². The molecule has 0 bridgehead atoms. The van der Waals surface area contributed by atoms with Crippen molar-refractivity contribution in [1.29, 1.82) is 0 Å². The summed E-state index contributed by atoms with van der Waals surface area (Å²) in [7, 11) is 0. The summed E-state index contributed by atoms with van der Waals surface area (Å²) in [5.41, 5.74) is -1.01. The number of ketones is 1. The van der Waals surface area contributed by atoms with Gasteiger partial charge in [-0.1, -0.05) is 77.6 Å². The highest BCUT2D eigenvalue weighted by atomic mass is 16.3. The van der Waals surface area contributed by atoms with Crippen molar-refractivity contribution in [2.45, 2.75) is 109 Å². The number of carbonyl (C=O) groups is 1. The first-order valence-electron chi connectivity index (χ1n) is 8.95. The Kier molecular flexibility index (Phi) is 9.17. The standard InChI is InChI=1S/C18H34O2/c1-2-3-4-12-15-18(20)16-13-10-8-6-5-7-9-11-14-17(18)19/h20H,2-16H2,1H3. The Bertz CT molecular complexity index is 258. The van der Waals surface area contributed by atoms with Gasteiger partial charge >= 0.3 is 0 Å². The molecule has 0 aromatic rings.